The number of carbonyl (C=O) groups excluding carboxylic acids is 3. The molecule has 1 saturated heterocycles. The summed E-state index contributed by atoms with van der Waals surface area (Å²) in [5.74, 6) is 0.151. The van der Waals surface area contributed by atoms with E-state index in [9.17, 15) is 14.4 Å². The van der Waals surface area contributed by atoms with E-state index >= 15 is 0 Å². The van der Waals surface area contributed by atoms with Crippen molar-refractivity contribution in [2.75, 3.05) is 45.8 Å². The second-order valence-electron chi connectivity index (χ2n) is 10.4. The highest BCUT2D eigenvalue weighted by Gasteiger charge is 2.30. The van der Waals surface area contributed by atoms with Crippen molar-refractivity contribution in [1.29, 1.82) is 0 Å². The molecular formula is C31H34N6O6. The fraction of sp³-hybridized carbons (Fsp3) is 0.323. The fourth-order valence-electron chi connectivity index (χ4n) is 4.84. The Hall–Kier alpha value is -4.97. The SMILES string of the molecule is COc1ccc(-c2ccnc3cc(C(=O)Nc4ccc(C(=O)N[C@H](C(=O)N5CCOCC5)C(C)C)cc4)nn23)cc1OC. The molecule has 3 heterocycles. The van der Waals surface area contributed by atoms with Crippen molar-refractivity contribution < 1.29 is 28.6 Å². The maximum absolute atomic E-state index is 13.1. The van der Waals surface area contributed by atoms with Crippen LogP contribution in [0.4, 0.5) is 5.69 Å². The summed E-state index contributed by atoms with van der Waals surface area (Å²) in [6, 6.07) is 14.7. The van der Waals surface area contributed by atoms with Gasteiger partial charge in [0, 0.05) is 42.2 Å². The number of morpholine rings is 1. The van der Waals surface area contributed by atoms with E-state index < -0.39 is 11.9 Å². The van der Waals surface area contributed by atoms with Gasteiger partial charge in [0.1, 0.15) is 6.04 Å². The molecule has 4 aromatic rings. The van der Waals surface area contributed by atoms with Crippen LogP contribution in [0.2, 0.25) is 0 Å². The Bertz CT molecular complexity index is 1630. The van der Waals surface area contributed by atoms with Gasteiger partial charge < -0.3 is 29.7 Å². The summed E-state index contributed by atoms with van der Waals surface area (Å²) < 4.78 is 17.7. The summed E-state index contributed by atoms with van der Waals surface area (Å²) in [6.45, 7) is 5.78. The van der Waals surface area contributed by atoms with Crippen molar-refractivity contribution in [3.05, 3.63) is 72.1 Å². The number of nitrogens with one attached hydrogen (secondary N) is 2. The van der Waals surface area contributed by atoms with Crippen LogP contribution < -0.4 is 20.1 Å². The molecule has 0 saturated carbocycles. The van der Waals surface area contributed by atoms with E-state index in [0.29, 0.717) is 60.4 Å². The first-order valence-corrected chi connectivity index (χ1v) is 13.9. The molecule has 1 fully saturated rings. The Labute approximate surface area is 248 Å². The normalized spacial score (nSPS) is 13.9. The molecule has 0 bridgehead atoms. The molecule has 12 heteroatoms. The minimum absolute atomic E-state index is 0.0926. The average molecular weight is 587 g/mol. The molecule has 0 aliphatic carbocycles. The second-order valence-corrected chi connectivity index (χ2v) is 10.4. The zero-order valence-electron chi connectivity index (χ0n) is 24.5. The Morgan fingerprint density at radius 3 is 2.30 bits per heavy atom. The highest BCUT2D eigenvalue weighted by molar-refractivity contribution is 6.04. The third-order valence-electron chi connectivity index (χ3n) is 7.22. The number of ether oxygens (including phenoxy) is 3. The van der Waals surface area contributed by atoms with Gasteiger partial charge in [0.25, 0.3) is 11.8 Å². The van der Waals surface area contributed by atoms with Crippen molar-refractivity contribution in [2.24, 2.45) is 5.92 Å². The molecule has 0 unspecified atom stereocenters. The maximum atomic E-state index is 13.1. The standard InChI is InChI=1S/C31H34N6O6/c1-19(2)28(31(40)36-13-15-43-16-14-36)34-29(38)20-5-8-22(9-6-20)33-30(39)23-18-27-32-12-11-24(37(27)35-23)21-7-10-25(41-3)26(17-21)42-4/h5-12,17-19,28H,13-16H2,1-4H3,(H,33,39)(H,34,38)/t28-/m0/s1. The van der Waals surface area contributed by atoms with Crippen molar-refractivity contribution in [1.82, 2.24) is 24.8 Å². The lowest BCUT2D eigenvalue weighted by Crippen LogP contribution is -2.53. The molecule has 0 radical (unpaired) electrons. The average Bonchev–Trinajstić information content (AvgIpc) is 3.48. The van der Waals surface area contributed by atoms with Crippen LogP contribution in [0.15, 0.2) is 60.8 Å². The summed E-state index contributed by atoms with van der Waals surface area (Å²) in [5.41, 5.74) is 3.04. The second kappa shape index (κ2) is 12.9. The quantitative estimate of drug-likeness (QED) is 0.305. The van der Waals surface area contributed by atoms with Gasteiger partial charge in [0.15, 0.2) is 22.8 Å². The number of rotatable bonds is 9. The molecule has 224 valence electrons. The summed E-state index contributed by atoms with van der Waals surface area (Å²) in [6.07, 6.45) is 1.65. The third kappa shape index (κ3) is 6.44. The molecule has 1 aliphatic rings. The van der Waals surface area contributed by atoms with Gasteiger partial charge in [-0.2, -0.15) is 5.10 Å². The smallest absolute Gasteiger partial charge is 0.276 e. The molecule has 12 nitrogen and oxygen atoms in total. The fourth-order valence-corrected chi connectivity index (χ4v) is 4.84. The first-order chi connectivity index (χ1) is 20.8. The Morgan fingerprint density at radius 2 is 1.63 bits per heavy atom. The molecule has 5 rings (SSSR count). The highest BCUT2D eigenvalue weighted by atomic mass is 16.5. The van der Waals surface area contributed by atoms with Gasteiger partial charge >= 0.3 is 0 Å². The number of amides is 3. The lowest BCUT2D eigenvalue weighted by atomic mass is 10.0. The van der Waals surface area contributed by atoms with Gasteiger partial charge in [-0.15, -0.1) is 0 Å². The predicted molar refractivity (Wildman–Crippen MR) is 159 cm³/mol. The van der Waals surface area contributed by atoms with E-state index in [1.807, 2.05) is 26.0 Å². The van der Waals surface area contributed by atoms with Crippen molar-refractivity contribution in [3.63, 3.8) is 0 Å². The number of benzene rings is 2. The first kappa shape index (κ1) is 29.5. The number of hydrogen-bond donors (Lipinski definition) is 2. The molecule has 2 aromatic carbocycles. The van der Waals surface area contributed by atoms with Gasteiger partial charge in [-0.05, 0) is 54.4 Å². The van der Waals surface area contributed by atoms with Gasteiger partial charge in [0.2, 0.25) is 5.91 Å². The molecule has 2 aromatic heterocycles. The minimum atomic E-state index is -0.655. The largest absolute Gasteiger partial charge is 0.493 e. The lowest BCUT2D eigenvalue weighted by Gasteiger charge is -2.32. The number of nitrogens with zero attached hydrogens (tertiary/aromatic N) is 4. The molecule has 1 atom stereocenters. The summed E-state index contributed by atoms with van der Waals surface area (Å²) in [7, 11) is 3.13. The minimum Gasteiger partial charge on any atom is -0.493 e. The Kier molecular flexibility index (Phi) is 8.86. The summed E-state index contributed by atoms with van der Waals surface area (Å²) in [4.78, 5) is 45.2. The number of carbonyl (C=O) groups is 3. The van der Waals surface area contributed by atoms with E-state index in [2.05, 4.69) is 20.7 Å². The van der Waals surface area contributed by atoms with Crippen molar-refractivity contribution in [2.45, 2.75) is 19.9 Å². The van der Waals surface area contributed by atoms with Crippen LogP contribution in [0.1, 0.15) is 34.7 Å². The molecule has 0 spiro atoms. The van der Waals surface area contributed by atoms with Crippen LogP contribution in [0, 0.1) is 5.92 Å². The number of fused-ring (bicyclic) bond motifs is 1. The van der Waals surface area contributed by atoms with Crippen LogP contribution in [-0.4, -0.2) is 83.8 Å². The summed E-state index contributed by atoms with van der Waals surface area (Å²) in [5, 5.41) is 10.2. The highest BCUT2D eigenvalue weighted by Crippen LogP contribution is 2.32. The van der Waals surface area contributed by atoms with Crippen LogP contribution in [-0.2, 0) is 9.53 Å². The molecule has 43 heavy (non-hydrogen) atoms. The lowest BCUT2D eigenvalue weighted by molar-refractivity contribution is -0.138. The summed E-state index contributed by atoms with van der Waals surface area (Å²) >= 11 is 0. The zero-order chi connectivity index (χ0) is 30.5. The monoisotopic (exact) mass is 586 g/mol. The maximum Gasteiger partial charge on any atom is 0.276 e. The molecule has 2 N–H and O–H groups in total. The number of aromatic nitrogens is 3. The van der Waals surface area contributed by atoms with Crippen LogP contribution in [0.25, 0.3) is 16.9 Å². The first-order valence-electron chi connectivity index (χ1n) is 13.9. The Morgan fingerprint density at radius 1 is 0.907 bits per heavy atom. The Balaban J connectivity index is 1.28. The van der Waals surface area contributed by atoms with Crippen LogP contribution in [0.5, 0.6) is 11.5 Å². The molecule has 1 aliphatic heterocycles. The topological polar surface area (TPSA) is 136 Å². The molecular weight excluding hydrogens is 552 g/mol. The number of methoxy groups -OCH3 is 2. The number of anilines is 1. The predicted octanol–water partition coefficient (Wildman–Crippen LogP) is 3.28. The van der Waals surface area contributed by atoms with Gasteiger partial charge in [-0.25, -0.2) is 9.50 Å². The van der Waals surface area contributed by atoms with Crippen LogP contribution >= 0.6 is 0 Å². The van der Waals surface area contributed by atoms with E-state index in [4.69, 9.17) is 14.2 Å². The van der Waals surface area contributed by atoms with Gasteiger partial charge in [-0.1, -0.05) is 13.8 Å². The van der Waals surface area contributed by atoms with E-state index in [-0.39, 0.29) is 23.4 Å². The zero-order valence-corrected chi connectivity index (χ0v) is 24.5. The number of hydrogen-bond acceptors (Lipinski definition) is 8. The van der Waals surface area contributed by atoms with Gasteiger partial charge in [-0.3, -0.25) is 14.4 Å². The van der Waals surface area contributed by atoms with Gasteiger partial charge in [0.05, 0.1) is 33.1 Å². The third-order valence-corrected chi connectivity index (χ3v) is 7.22. The molecule has 3 amide bonds. The van der Waals surface area contributed by atoms with Crippen molar-refractivity contribution >= 4 is 29.1 Å². The van der Waals surface area contributed by atoms with E-state index in [1.54, 1.807) is 72.3 Å². The van der Waals surface area contributed by atoms with E-state index in [0.717, 1.165) is 5.56 Å². The van der Waals surface area contributed by atoms with E-state index in [1.165, 1.54) is 0 Å². The van der Waals surface area contributed by atoms with Crippen molar-refractivity contribution in [3.8, 4) is 22.8 Å². The van der Waals surface area contributed by atoms with Crippen LogP contribution in [0.3, 0.4) is 0 Å².